The third-order valence-electron chi connectivity index (χ3n) is 5.66. The number of halogens is 1. The lowest BCUT2D eigenvalue weighted by atomic mass is 10.0. The van der Waals surface area contributed by atoms with Gasteiger partial charge >= 0.3 is 0 Å². The summed E-state index contributed by atoms with van der Waals surface area (Å²) in [4.78, 5) is 30.4. The van der Waals surface area contributed by atoms with Crippen molar-refractivity contribution < 1.29 is 14.3 Å². The van der Waals surface area contributed by atoms with Gasteiger partial charge < -0.3 is 14.5 Å². The average molecular weight is 471 g/mol. The summed E-state index contributed by atoms with van der Waals surface area (Å²) in [5.74, 6) is 1.09. The van der Waals surface area contributed by atoms with E-state index in [1.807, 2.05) is 53.9 Å². The van der Waals surface area contributed by atoms with E-state index < -0.39 is 4.87 Å². The van der Waals surface area contributed by atoms with Gasteiger partial charge in [0.25, 0.3) is 11.8 Å². The number of ether oxygens (including phenoxy) is 1. The second kappa shape index (κ2) is 7.89. The number of hydrogen-bond donors (Lipinski definition) is 0. The van der Waals surface area contributed by atoms with Crippen LogP contribution in [0.5, 0.6) is 5.75 Å². The Hall–Kier alpha value is -2.48. The highest BCUT2D eigenvalue weighted by Crippen LogP contribution is 2.55. The van der Waals surface area contributed by atoms with Crippen molar-refractivity contribution in [1.82, 2.24) is 4.90 Å². The van der Waals surface area contributed by atoms with Crippen LogP contribution in [0, 0.1) is 0 Å². The molecule has 3 aromatic rings. The van der Waals surface area contributed by atoms with E-state index in [4.69, 9.17) is 16.3 Å². The van der Waals surface area contributed by atoms with Crippen molar-refractivity contribution in [2.75, 3.05) is 24.3 Å². The SMILES string of the molecule is COc1ccc2c(c1)C1(SCCN1C(=O)c1cccs1)C(=O)N2Cc1ccccc1Cl. The molecule has 0 bridgehead atoms. The van der Waals surface area contributed by atoms with Gasteiger partial charge in [0.2, 0.25) is 0 Å². The molecular weight excluding hydrogens is 452 g/mol. The fourth-order valence-electron chi connectivity index (χ4n) is 4.21. The summed E-state index contributed by atoms with van der Waals surface area (Å²) in [6.45, 7) is 0.838. The van der Waals surface area contributed by atoms with Crippen molar-refractivity contribution in [2.45, 2.75) is 11.4 Å². The molecule has 2 amide bonds. The third kappa shape index (κ3) is 3.14. The van der Waals surface area contributed by atoms with Gasteiger partial charge in [-0.25, -0.2) is 0 Å². The van der Waals surface area contributed by atoms with E-state index in [0.717, 1.165) is 16.8 Å². The van der Waals surface area contributed by atoms with Gasteiger partial charge in [0, 0.05) is 22.9 Å². The smallest absolute Gasteiger partial charge is 0.268 e. The zero-order valence-corrected chi connectivity index (χ0v) is 19.1. The normalized spacial score (nSPS) is 19.9. The number of fused-ring (bicyclic) bond motifs is 2. The van der Waals surface area contributed by atoms with Crippen LogP contribution in [-0.4, -0.2) is 36.1 Å². The molecule has 1 fully saturated rings. The van der Waals surface area contributed by atoms with Crippen molar-refractivity contribution >= 4 is 52.2 Å². The standard InChI is InChI=1S/C23H19ClN2O3S2/c1-29-16-8-9-19-17(13-16)23(22(28)25(19)14-15-5-2-3-6-18(15)24)26(10-12-31-23)21(27)20-7-4-11-30-20/h2-9,11,13H,10,12,14H2,1H3. The molecule has 5 nitrogen and oxygen atoms in total. The Morgan fingerprint density at radius 2 is 2.03 bits per heavy atom. The van der Waals surface area contributed by atoms with Crippen molar-refractivity contribution in [2.24, 2.45) is 0 Å². The summed E-state index contributed by atoms with van der Waals surface area (Å²) in [5.41, 5.74) is 2.43. The van der Waals surface area contributed by atoms with Gasteiger partial charge in [-0.15, -0.1) is 23.1 Å². The van der Waals surface area contributed by atoms with Crippen molar-refractivity contribution in [3.8, 4) is 5.75 Å². The number of thiophene rings is 1. The Balaban J connectivity index is 1.63. The predicted molar refractivity (Wildman–Crippen MR) is 125 cm³/mol. The van der Waals surface area contributed by atoms with Crippen LogP contribution in [0.3, 0.4) is 0 Å². The van der Waals surface area contributed by atoms with Crippen LogP contribution in [0.2, 0.25) is 5.02 Å². The number of thioether (sulfide) groups is 1. The van der Waals surface area contributed by atoms with Gasteiger partial charge in [0.1, 0.15) is 5.75 Å². The Morgan fingerprint density at radius 3 is 2.77 bits per heavy atom. The fourth-order valence-corrected chi connectivity index (χ4v) is 6.53. The van der Waals surface area contributed by atoms with E-state index in [-0.39, 0.29) is 11.8 Å². The molecule has 1 atom stereocenters. The summed E-state index contributed by atoms with van der Waals surface area (Å²) in [6, 6.07) is 16.8. The van der Waals surface area contributed by atoms with Crippen LogP contribution in [0.4, 0.5) is 5.69 Å². The number of carbonyl (C=O) groups is 2. The summed E-state index contributed by atoms with van der Waals surface area (Å²) >= 11 is 9.29. The number of hydrogen-bond acceptors (Lipinski definition) is 5. The molecule has 0 N–H and O–H groups in total. The van der Waals surface area contributed by atoms with E-state index in [2.05, 4.69) is 0 Å². The van der Waals surface area contributed by atoms with Crippen LogP contribution >= 0.6 is 34.7 Å². The van der Waals surface area contributed by atoms with Crippen molar-refractivity contribution in [3.05, 3.63) is 81.0 Å². The number of amides is 2. The molecule has 2 aliphatic rings. The lowest BCUT2D eigenvalue weighted by Gasteiger charge is -2.33. The maximum absolute atomic E-state index is 14.0. The quantitative estimate of drug-likeness (QED) is 0.538. The number of anilines is 1. The first-order valence-electron chi connectivity index (χ1n) is 9.79. The van der Waals surface area contributed by atoms with E-state index in [1.54, 1.807) is 23.0 Å². The Morgan fingerprint density at radius 1 is 1.19 bits per heavy atom. The Bertz CT molecular complexity index is 1170. The molecule has 0 saturated carbocycles. The molecule has 1 aromatic heterocycles. The van der Waals surface area contributed by atoms with Crippen molar-refractivity contribution in [3.63, 3.8) is 0 Å². The molecule has 2 aromatic carbocycles. The number of methoxy groups -OCH3 is 1. The molecule has 1 unspecified atom stereocenters. The van der Waals surface area contributed by atoms with Gasteiger partial charge in [-0.2, -0.15) is 0 Å². The molecule has 0 aliphatic carbocycles. The number of benzene rings is 2. The molecule has 1 spiro atoms. The molecule has 31 heavy (non-hydrogen) atoms. The minimum absolute atomic E-state index is 0.122. The molecule has 158 valence electrons. The average Bonchev–Trinajstić information content (AvgIpc) is 3.52. The maximum Gasteiger partial charge on any atom is 0.268 e. The van der Waals surface area contributed by atoms with Crippen LogP contribution in [0.15, 0.2) is 60.0 Å². The van der Waals surface area contributed by atoms with Crippen molar-refractivity contribution in [1.29, 1.82) is 0 Å². The maximum atomic E-state index is 14.0. The van der Waals surface area contributed by atoms with Gasteiger partial charge in [-0.3, -0.25) is 9.59 Å². The Labute approximate surface area is 193 Å². The molecule has 5 rings (SSSR count). The molecule has 1 saturated heterocycles. The molecular formula is C23H19ClN2O3S2. The highest BCUT2D eigenvalue weighted by molar-refractivity contribution is 8.01. The van der Waals surface area contributed by atoms with Gasteiger partial charge in [0.15, 0.2) is 4.87 Å². The first-order chi connectivity index (χ1) is 15.1. The molecule has 2 aliphatic heterocycles. The molecule has 8 heteroatoms. The predicted octanol–water partition coefficient (Wildman–Crippen LogP) is 5.00. The van der Waals surface area contributed by atoms with Gasteiger partial charge in [-0.05, 0) is 41.3 Å². The second-order valence-electron chi connectivity index (χ2n) is 7.29. The highest BCUT2D eigenvalue weighted by Gasteiger charge is 2.59. The van der Waals surface area contributed by atoms with Gasteiger partial charge in [0.05, 0.1) is 24.2 Å². The first kappa shape index (κ1) is 20.4. The Kier molecular flexibility index (Phi) is 5.20. The van der Waals surface area contributed by atoms with Crippen LogP contribution in [0.1, 0.15) is 20.8 Å². The van der Waals surface area contributed by atoms with Gasteiger partial charge in [-0.1, -0.05) is 35.9 Å². The van der Waals surface area contributed by atoms with E-state index in [1.165, 1.54) is 23.1 Å². The zero-order chi connectivity index (χ0) is 21.6. The lowest BCUT2D eigenvalue weighted by molar-refractivity contribution is -0.123. The van der Waals surface area contributed by atoms with Crippen LogP contribution in [-0.2, 0) is 16.2 Å². The summed E-state index contributed by atoms with van der Waals surface area (Å²) in [5, 5.41) is 2.48. The van der Waals surface area contributed by atoms with Crippen LogP contribution < -0.4 is 9.64 Å². The molecule has 3 heterocycles. The second-order valence-corrected chi connectivity index (χ2v) is 9.93. The van der Waals surface area contributed by atoms with Crippen LogP contribution in [0.25, 0.3) is 0 Å². The summed E-state index contributed by atoms with van der Waals surface area (Å²) in [6.07, 6.45) is 0. The van der Waals surface area contributed by atoms with E-state index in [9.17, 15) is 9.59 Å². The number of rotatable bonds is 4. The third-order valence-corrected chi connectivity index (χ3v) is 8.31. The summed E-state index contributed by atoms with van der Waals surface area (Å²) < 4.78 is 5.46. The lowest BCUT2D eigenvalue weighted by Crippen LogP contribution is -2.50. The van der Waals surface area contributed by atoms with E-state index in [0.29, 0.717) is 34.5 Å². The topological polar surface area (TPSA) is 49.9 Å². The molecule has 0 radical (unpaired) electrons. The monoisotopic (exact) mass is 470 g/mol. The summed E-state index contributed by atoms with van der Waals surface area (Å²) in [7, 11) is 1.60. The zero-order valence-electron chi connectivity index (χ0n) is 16.7. The fraction of sp³-hybridized carbons (Fsp3) is 0.217. The number of carbonyl (C=O) groups excluding carboxylic acids is 2. The largest absolute Gasteiger partial charge is 0.497 e. The van der Waals surface area contributed by atoms with E-state index >= 15 is 0 Å². The minimum atomic E-state index is -1.10. The minimum Gasteiger partial charge on any atom is -0.497 e. The first-order valence-corrected chi connectivity index (χ1v) is 12.0. The highest BCUT2D eigenvalue weighted by atomic mass is 35.5. The number of nitrogens with zero attached hydrogens (tertiary/aromatic N) is 2.